The molecule has 4 nitrogen and oxygen atoms in total. The zero-order valence-electron chi connectivity index (χ0n) is 9.98. The largest absolute Gasteiger partial charge is 0.501 e. The van der Waals surface area contributed by atoms with Crippen molar-refractivity contribution in [2.45, 2.75) is 12.0 Å². The van der Waals surface area contributed by atoms with Gasteiger partial charge in [0.25, 0.3) is 0 Å². The van der Waals surface area contributed by atoms with Crippen LogP contribution in [0.2, 0.25) is 0 Å². The fraction of sp³-hybridized carbons (Fsp3) is 0.385. The summed E-state index contributed by atoms with van der Waals surface area (Å²) in [5, 5.41) is 18.7. The Bertz CT molecular complexity index is 463. The fourth-order valence-corrected chi connectivity index (χ4v) is 3.02. The first-order valence-electron chi connectivity index (χ1n) is 5.73. The molecule has 0 spiro atoms. The van der Waals surface area contributed by atoms with Crippen molar-refractivity contribution in [3.63, 3.8) is 0 Å². The Morgan fingerprint density at radius 2 is 1.94 bits per heavy atom. The second-order valence-electron chi connectivity index (χ2n) is 4.60. The first-order valence-corrected chi connectivity index (χ1v) is 6.14. The number of carbonyl (C=O) groups is 1. The van der Waals surface area contributed by atoms with Gasteiger partial charge in [0.05, 0.1) is 12.0 Å². The number of aliphatic hydroxyl groups is 1. The van der Waals surface area contributed by atoms with Gasteiger partial charge in [-0.05, 0) is 24.8 Å². The minimum atomic E-state index is -0.922. The van der Waals surface area contributed by atoms with Crippen molar-refractivity contribution in [3.8, 4) is 0 Å². The number of benzene rings is 1. The van der Waals surface area contributed by atoms with Gasteiger partial charge >= 0.3 is 5.97 Å². The molecule has 96 valence electrons. The molecule has 0 saturated carbocycles. The van der Waals surface area contributed by atoms with Crippen LogP contribution in [0, 0.1) is 5.92 Å². The summed E-state index contributed by atoms with van der Waals surface area (Å²) in [5.41, 5.74) is 0.968. The van der Waals surface area contributed by atoms with Crippen LogP contribution in [-0.4, -0.2) is 45.8 Å². The van der Waals surface area contributed by atoms with Crippen molar-refractivity contribution >= 4 is 23.2 Å². The quantitative estimate of drug-likeness (QED) is 0.814. The number of aliphatic carboxylic acids is 1. The van der Waals surface area contributed by atoms with E-state index in [1.165, 1.54) is 0 Å². The average molecular weight is 265 g/mol. The lowest BCUT2D eigenvalue weighted by atomic mass is 9.85. The highest BCUT2D eigenvalue weighted by molar-refractivity contribution is 7.80. The fourth-order valence-electron chi connectivity index (χ4n) is 2.69. The van der Waals surface area contributed by atoms with E-state index in [1.54, 1.807) is 11.9 Å². The summed E-state index contributed by atoms with van der Waals surface area (Å²) >= 11 is 4.78. The van der Waals surface area contributed by atoms with E-state index < -0.39 is 17.9 Å². The summed E-state index contributed by atoms with van der Waals surface area (Å²) in [6.07, 6.45) is 0. The van der Waals surface area contributed by atoms with Crippen molar-refractivity contribution in [1.82, 2.24) is 4.90 Å². The van der Waals surface area contributed by atoms with Gasteiger partial charge in [-0.25, -0.2) is 0 Å². The van der Waals surface area contributed by atoms with Gasteiger partial charge in [0, 0.05) is 12.5 Å². The molecule has 0 unspecified atom stereocenters. The summed E-state index contributed by atoms with van der Waals surface area (Å²) in [4.78, 5) is 13.3. The molecule has 5 heteroatoms. The monoisotopic (exact) mass is 265 g/mol. The molecule has 1 heterocycles. The van der Waals surface area contributed by atoms with Gasteiger partial charge in [0.1, 0.15) is 0 Å². The maximum atomic E-state index is 11.4. The topological polar surface area (TPSA) is 60.8 Å². The van der Waals surface area contributed by atoms with E-state index in [9.17, 15) is 15.0 Å². The van der Waals surface area contributed by atoms with E-state index in [1.807, 2.05) is 30.3 Å². The molecule has 1 fully saturated rings. The third-order valence-corrected chi connectivity index (χ3v) is 3.74. The van der Waals surface area contributed by atoms with E-state index in [-0.39, 0.29) is 11.0 Å². The molecular weight excluding hydrogens is 250 g/mol. The molecule has 1 aromatic rings. The van der Waals surface area contributed by atoms with Gasteiger partial charge in [0.2, 0.25) is 0 Å². The highest BCUT2D eigenvalue weighted by Gasteiger charge is 2.47. The van der Waals surface area contributed by atoms with E-state index in [0.29, 0.717) is 6.54 Å². The first-order chi connectivity index (χ1) is 8.52. The number of likely N-dealkylation sites (tertiary alicyclic amines) is 1. The molecule has 3 atom stereocenters. The summed E-state index contributed by atoms with van der Waals surface area (Å²) in [7, 11) is 1.78. The van der Waals surface area contributed by atoms with Crippen molar-refractivity contribution in [1.29, 1.82) is 0 Å². The molecule has 0 amide bonds. The van der Waals surface area contributed by atoms with Gasteiger partial charge in [0.15, 0.2) is 5.05 Å². The highest BCUT2D eigenvalue weighted by atomic mass is 32.1. The molecule has 1 aromatic carbocycles. The second kappa shape index (κ2) is 5.04. The summed E-state index contributed by atoms with van der Waals surface area (Å²) < 4.78 is 0. The number of carboxylic acid groups (broad SMARTS) is 1. The molecule has 18 heavy (non-hydrogen) atoms. The zero-order chi connectivity index (χ0) is 13.3. The Balaban J connectivity index is 2.37. The molecular formula is C13H15NO3S. The average Bonchev–Trinajstić information content (AvgIpc) is 2.68. The van der Waals surface area contributed by atoms with Crippen LogP contribution in [0.5, 0.6) is 0 Å². The lowest BCUT2D eigenvalue weighted by Gasteiger charge is -2.21. The number of thiocarbonyl (C=S) groups is 1. The predicted octanol–water partition coefficient (Wildman–Crippen LogP) is 1.67. The molecule has 0 aromatic heterocycles. The van der Waals surface area contributed by atoms with Gasteiger partial charge < -0.3 is 10.2 Å². The van der Waals surface area contributed by atoms with Crippen LogP contribution in [0.15, 0.2) is 30.3 Å². The van der Waals surface area contributed by atoms with Gasteiger partial charge in [-0.1, -0.05) is 30.3 Å². The minimum absolute atomic E-state index is 0.149. The third kappa shape index (κ3) is 2.23. The van der Waals surface area contributed by atoms with Crippen LogP contribution in [0.25, 0.3) is 0 Å². The number of carboxylic acids is 1. The van der Waals surface area contributed by atoms with Gasteiger partial charge in [-0.3, -0.25) is 9.69 Å². The standard InChI is InChI=1S/C13H15NO3S/c1-14-7-9(8-5-3-2-4-6-8)10(12(15)16)11(14)13(17)18/h2-6,9-11H,7H2,1H3,(H,15,16)(H,17,18)/t9-,10+,11-/m0/s1. The van der Waals surface area contributed by atoms with Crippen LogP contribution in [0.3, 0.4) is 0 Å². The lowest BCUT2D eigenvalue weighted by molar-refractivity contribution is -0.142. The summed E-state index contributed by atoms with van der Waals surface area (Å²) in [5.74, 6) is -1.77. The van der Waals surface area contributed by atoms with Gasteiger partial charge in [-0.15, -0.1) is 0 Å². The Morgan fingerprint density at radius 3 is 2.44 bits per heavy atom. The van der Waals surface area contributed by atoms with Crippen molar-refractivity contribution in [2.24, 2.45) is 5.92 Å². The number of likely N-dealkylation sites (N-methyl/N-ethyl adjacent to an activating group) is 1. The molecule has 1 aliphatic heterocycles. The Labute approximate surface area is 111 Å². The van der Waals surface area contributed by atoms with Gasteiger partial charge in [-0.2, -0.15) is 0 Å². The number of rotatable bonds is 3. The first kappa shape index (κ1) is 13.0. The van der Waals surface area contributed by atoms with Crippen molar-refractivity contribution in [2.75, 3.05) is 13.6 Å². The molecule has 0 bridgehead atoms. The third-order valence-electron chi connectivity index (χ3n) is 3.50. The molecule has 2 N–H and O–H groups in total. The van der Waals surface area contributed by atoms with Crippen LogP contribution in [0.1, 0.15) is 11.5 Å². The predicted molar refractivity (Wildman–Crippen MR) is 72.0 cm³/mol. The Kier molecular flexibility index (Phi) is 3.63. The summed E-state index contributed by atoms with van der Waals surface area (Å²) in [6.45, 7) is 0.576. The normalized spacial score (nSPS) is 28.2. The summed E-state index contributed by atoms with van der Waals surface area (Å²) in [6, 6.07) is 8.90. The lowest BCUT2D eigenvalue weighted by Crippen LogP contribution is -2.39. The van der Waals surface area contributed by atoms with Crippen LogP contribution >= 0.6 is 12.2 Å². The van der Waals surface area contributed by atoms with Crippen LogP contribution in [-0.2, 0) is 4.79 Å². The van der Waals surface area contributed by atoms with E-state index in [2.05, 4.69) is 0 Å². The van der Waals surface area contributed by atoms with E-state index >= 15 is 0 Å². The van der Waals surface area contributed by atoms with Crippen LogP contribution < -0.4 is 0 Å². The number of hydrogen-bond acceptors (Lipinski definition) is 3. The molecule has 0 aliphatic carbocycles. The molecule has 1 aliphatic rings. The molecule has 0 radical (unpaired) electrons. The maximum Gasteiger partial charge on any atom is 0.309 e. The van der Waals surface area contributed by atoms with E-state index in [0.717, 1.165) is 5.56 Å². The zero-order valence-corrected chi connectivity index (χ0v) is 10.8. The Hall–Kier alpha value is -1.46. The Morgan fingerprint density at radius 1 is 1.33 bits per heavy atom. The number of nitrogens with zero attached hydrogens (tertiary/aromatic N) is 1. The smallest absolute Gasteiger partial charge is 0.309 e. The van der Waals surface area contributed by atoms with Crippen molar-refractivity contribution in [3.05, 3.63) is 35.9 Å². The van der Waals surface area contributed by atoms with Crippen molar-refractivity contribution < 1.29 is 15.0 Å². The van der Waals surface area contributed by atoms with E-state index in [4.69, 9.17) is 12.2 Å². The molecule has 2 rings (SSSR count). The number of hydrogen-bond donors (Lipinski definition) is 2. The number of aliphatic hydroxyl groups excluding tert-OH is 1. The maximum absolute atomic E-state index is 11.4. The van der Waals surface area contributed by atoms with Crippen LogP contribution in [0.4, 0.5) is 0 Å². The SMILES string of the molecule is CN1C[C@@H](c2ccccc2)[C@@H](C(=O)O)[C@H]1C(O)=S. The highest BCUT2D eigenvalue weighted by Crippen LogP contribution is 2.37. The minimum Gasteiger partial charge on any atom is -0.501 e. The molecule has 1 saturated heterocycles. The second-order valence-corrected chi connectivity index (χ2v) is 5.02.